The Morgan fingerprint density at radius 2 is 2.16 bits per heavy atom. The zero-order chi connectivity index (χ0) is 13.8. The van der Waals surface area contributed by atoms with Crippen molar-refractivity contribution in [2.24, 2.45) is 0 Å². The van der Waals surface area contributed by atoms with Crippen LogP contribution in [0.5, 0.6) is 0 Å². The molecule has 2 amide bonds. The Labute approximate surface area is 115 Å². The van der Waals surface area contributed by atoms with Gasteiger partial charge in [-0.3, -0.25) is 5.32 Å². The van der Waals surface area contributed by atoms with E-state index in [1.54, 1.807) is 19.1 Å². The summed E-state index contributed by atoms with van der Waals surface area (Å²) < 4.78 is 4.86. The normalized spacial score (nSPS) is 11.9. The fraction of sp³-hybridized carbons (Fsp3) is 0.231. The maximum atomic E-state index is 11.8. The lowest BCUT2D eigenvalue weighted by atomic mass is 10.1. The highest BCUT2D eigenvalue weighted by molar-refractivity contribution is 6.31. The number of hydrogen-bond donors (Lipinski definition) is 2. The highest BCUT2D eigenvalue weighted by Crippen LogP contribution is 2.22. The molecule has 0 fully saturated rings. The van der Waals surface area contributed by atoms with Crippen LogP contribution < -0.4 is 10.6 Å². The maximum Gasteiger partial charge on any atom is 0.320 e. The van der Waals surface area contributed by atoms with Gasteiger partial charge in [-0.05, 0) is 25.5 Å². The van der Waals surface area contributed by atoms with Gasteiger partial charge in [-0.25, -0.2) is 4.79 Å². The minimum atomic E-state index is -0.360. The highest BCUT2D eigenvalue weighted by Gasteiger charge is 2.13. The van der Waals surface area contributed by atoms with E-state index in [2.05, 4.69) is 15.8 Å². The summed E-state index contributed by atoms with van der Waals surface area (Å²) in [4.78, 5) is 11.8. The SMILES string of the molecule is Cc1cc(NC(=O)NC(C)c2ccccc2Cl)no1. The fourth-order valence-electron chi connectivity index (χ4n) is 1.68. The fourth-order valence-corrected chi connectivity index (χ4v) is 1.98. The van der Waals surface area contributed by atoms with Crippen LogP contribution in [0.3, 0.4) is 0 Å². The molecule has 1 unspecified atom stereocenters. The molecule has 2 aromatic rings. The third-order valence-corrected chi connectivity index (χ3v) is 2.93. The molecule has 0 saturated carbocycles. The van der Waals surface area contributed by atoms with Crippen LogP contribution in [-0.2, 0) is 0 Å². The molecule has 0 aliphatic rings. The van der Waals surface area contributed by atoms with Crippen molar-refractivity contribution in [2.45, 2.75) is 19.9 Å². The van der Waals surface area contributed by atoms with E-state index in [1.807, 2.05) is 25.1 Å². The van der Waals surface area contributed by atoms with Gasteiger partial charge >= 0.3 is 6.03 Å². The summed E-state index contributed by atoms with van der Waals surface area (Å²) in [6.45, 7) is 3.61. The van der Waals surface area contributed by atoms with Crippen molar-refractivity contribution in [1.29, 1.82) is 0 Å². The van der Waals surface area contributed by atoms with Crippen LogP contribution in [0.25, 0.3) is 0 Å². The molecule has 1 aromatic carbocycles. The number of amides is 2. The number of halogens is 1. The number of urea groups is 1. The molecular formula is C13H14ClN3O2. The van der Waals surface area contributed by atoms with Crippen LogP contribution in [0.15, 0.2) is 34.9 Å². The molecule has 0 radical (unpaired) electrons. The van der Waals surface area contributed by atoms with Gasteiger partial charge in [0.2, 0.25) is 0 Å². The van der Waals surface area contributed by atoms with Crippen molar-refractivity contribution in [3.8, 4) is 0 Å². The first-order valence-electron chi connectivity index (χ1n) is 5.81. The number of benzene rings is 1. The van der Waals surface area contributed by atoms with Gasteiger partial charge in [0.05, 0.1) is 6.04 Å². The van der Waals surface area contributed by atoms with E-state index >= 15 is 0 Å². The summed E-state index contributed by atoms with van der Waals surface area (Å²) in [5.74, 6) is 1.01. The van der Waals surface area contributed by atoms with Crippen LogP contribution in [0.2, 0.25) is 5.02 Å². The zero-order valence-corrected chi connectivity index (χ0v) is 11.4. The van der Waals surface area contributed by atoms with E-state index in [0.717, 1.165) is 5.56 Å². The molecule has 2 N–H and O–H groups in total. The van der Waals surface area contributed by atoms with Gasteiger partial charge in [0.25, 0.3) is 0 Å². The van der Waals surface area contributed by atoms with Gasteiger partial charge in [0.1, 0.15) is 5.76 Å². The molecule has 2 rings (SSSR count). The Hall–Kier alpha value is -2.01. The predicted octanol–water partition coefficient (Wildman–Crippen LogP) is 3.52. The van der Waals surface area contributed by atoms with Crippen molar-refractivity contribution >= 4 is 23.4 Å². The third-order valence-electron chi connectivity index (χ3n) is 2.59. The lowest BCUT2D eigenvalue weighted by molar-refractivity contribution is 0.249. The smallest absolute Gasteiger partial charge is 0.320 e. The number of nitrogens with zero attached hydrogens (tertiary/aromatic N) is 1. The maximum absolute atomic E-state index is 11.8. The molecule has 0 spiro atoms. The lowest BCUT2D eigenvalue weighted by Crippen LogP contribution is -2.31. The van der Waals surface area contributed by atoms with Crippen molar-refractivity contribution < 1.29 is 9.32 Å². The Kier molecular flexibility index (Phi) is 4.06. The van der Waals surface area contributed by atoms with Crippen molar-refractivity contribution in [3.63, 3.8) is 0 Å². The number of carbonyl (C=O) groups excluding carboxylic acids is 1. The predicted molar refractivity (Wildman–Crippen MR) is 73.3 cm³/mol. The largest absolute Gasteiger partial charge is 0.360 e. The van der Waals surface area contributed by atoms with E-state index in [4.69, 9.17) is 16.1 Å². The number of hydrogen-bond acceptors (Lipinski definition) is 3. The van der Waals surface area contributed by atoms with Crippen molar-refractivity contribution in [3.05, 3.63) is 46.7 Å². The molecule has 1 aromatic heterocycles. The van der Waals surface area contributed by atoms with Gasteiger partial charge < -0.3 is 9.84 Å². The van der Waals surface area contributed by atoms with E-state index in [9.17, 15) is 4.79 Å². The van der Waals surface area contributed by atoms with E-state index < -0.39 is 0 Å². The Balaban J connectivity index is 1.97. The Bertz CT molecular complexity index is 583. The number of nitrogens with one attached hydrogen (secondary N) is 2. The molecule has 0 aliphatic heterocycles. The number of aromatic nitrogens is 1. The van der Waals surface area contributed by atoms with Gasteiger partial charge in [0, 0.05) is 11.1 Å². The summed E-state index contributed by atoms with van der Waals surface area (Å²) in [6.07, 6.45) is 0. The first-order chi connectivity index (χ1) is 9.06. The molecule has 100 valence electrons. The molecular weight excluding hydrogens is 266 g/mol. The molecule has 19 heavy (non-hydrogen) atoms. The third kappa shape index (κ3) is 3.48. The summed E-state index contributed by atoms with van der Waals surface area (Å²) in [5, 5.41) is 9.66. The van der Waals surface area contributed by atoms with Crippen LogP contribution in [0, 0.1) is 6.92 Å². The lowest BCUT2D eigenvalue weighted by Gasteiger charge is -2.15. The molecule has 5 nitrogen and oxygen atoms in total. The van der Waals surface area contributed by atoms with Gasteiger partial charge in [-0.2, -0.15) is 0 Å². The first kappa shape index (κ1) is 13.4. The van der Waals surface area contributed by atoms with Crippen LogP contribution in [0.1, 0.15) is 24.3 Å². The molecule has 1 atom stereocenters. The number of rotatable bonds is 3. The number of anilines is 1. The van der Waals surface area contributed by atoms with Crippen LogP contribution >= 0.6 is 11.6 Å². The average molecular weight is 280 g/mol. The minimum absolute atomic E-state index is 0.207. The zero-order valence-electron chi connectivity index (χ0n) is 10.6. The second-order valence-electron chi connectivity index (χ2n) is 4.16. The minimum Gasteiger partial charge on any atom is -0.360 e. The standard InChI is InChI=1S/C13H14ClN3O2/c1-8-7-12(17-19-8)16-13(18)15-9(2)10-5-3-4-6-11(10)14/h3-7,9H,1-2H3,(H2,15,16,17,18). The molecule has 1 heterocycles. The van der Waals surface area contributed by atoms with Crippen LogP contribution in [-0.4, -0.2) is 11.2 Å². The summed E-state index contributed by atoms with van der Waals surface area (Å²) in [6, 6.07) is 8.44. The topological polar surface area (TPSA) is 67.2 Å². The van der Waals surface area contributed by atoms with E-state index in [1.165, 1.54) is 0 Å². The van der Waals surface area contributed by atoms with Crippen LogP contribution in [0.4, 0.5) is 10.6 Å². The molecule has 0 bridgehead atoms. The molecule has 6 heteroatoms. The highest BCUT2D eigenvalue weighted by atomic mass is 35.5. The van der Waals surface area contributed by atoms with Gasteiger partial charge in [0.15, 0.2) is 5.82 Å². The van der Waals surface area contributed by atoms with Crippen molar-refractivity contribution in [2.75, 3.05) is 5.32 Å². The Morgan fingerprint density at radius 3 is 2.79 bits per heavy atom. The second kappa shape index (κ2) is 5.75. The van der Waals surface area contributed by atoms with E-state index in [0.29, 0.717) is 16.6 Å². The second-order valence-corrected chi connectivity index (χ2v) is 4.57. The summed E-state index contributed by atoms with van der Waals surface area (Å²) in [7, 11) is 0. The first-order valence-corrected chi connectivity index (χ1v) is 6.19. The van der Waals surface area contributed by atoms with Crippen molar-refractivity contribution in [1.82, 2.24) is 10.5 Å². The summed E-state index contributed by atoms with van der Waals surface area (Å²) in [5.41, 5.74) is 0.857. The molecule has 0 saturated heterocycles. The molecule has 0 aliphatic carbocycles. The summed E-state index contributed by atoms with van der Waals surface area (Å²) >= 11 is 6.07. The van der Waals surface area contributed by atoms with Gasteiger partial charge in [-0.15, -0.1) is 0 Å². The van der Waals surface area contributed by atoms with Gasteiger partial charge in [-0.1, -0.05) is 35.0 Å². The monoisotopic (exact) mass is 279 g/mol. The van der Waals surface area contributed by atoms with E-state index in [-0.39, 0.29) is 12.1 Å². The number of aryl methyl sites for hydroxylation is 1. The quantitative estimate of drug-likeness (QED) is 0.903. The Morgan fingerprint density at radius 1 is 1.42 bits per heavy atom. The average Bonchev–Trinajstić information content (AvgIpc) is 2.74. The number of carbonyl (C=O) groups is 1.